The molecular weight excluding hydrogens is 234 g/mol. The quantitative estimate of drug-likeness (QED) is 0.840. The van der Waals surface area contributed by atoms with Gasteiger partial charge < -0.3 is 20.1 Å². The highest BCUT2D eigenvalue weighted by molar-refractivity contribution is 5.58. The van der Waals surface area contributed by atoms with Gasteiger partial charge in [-0.25, -0.2) is 0 Å². The smallest absolute Gasteiger partial charge is 0.246 e. The van der Waals surface area contributed by atoms with Gasteiger partial charge in [0.05, 0.1) is 13.7 Å². The van der Waals surface area contributed by atoms with Crippen molar-refractivity contribution in [3.63, 3.8) is 0 Å². The highest BCUT2D eigenvalue weighted by Crippen LogP contribution is 2.24. The van der Waals surface area contributed by atoms with E-state index in [9.17, 15) is 0 Å². The molecule has 0 aliphatic heterocycles. The second-order valence-electron chi connectivity index (χ2n) is 3.93. The highest BCUT2D eigenvalue weighted by Gasteiger charge is 2.15. The van der Waals surface area contributed by atoms with Crippen molar-refractivity contribution >= 4 is 0 Å². The Bertz CT molecular complexity index is 539. The molecule has 0 bridgehead atoms. The number of nitrogens with zero attached hydrogens (tertiary/aromatic N) is 2. The average Bonchev–Trinajstić information content (AvgIpc) is 2.87. The van der Waals surface area contributed by atoms with Crippen LogP contribution in [0.1, 0.15) is 17.5 Å². The highest BCUT2D eigenvalue weighted by atomic mass is 16.5. The number of methoxy groups -OCH3 is 1. The van der Waals surface area contributed by atoms with Gasteiger partial charge >= 0.3 is 0 Å². The molecule has 2 rings (SSSR count). The number of aryl methyl sites for hydroxylation is 1. The van der Waals surface area contributed by atoms with Crippen molar-refractivity contribution in [3.05, 3.63) is 29.7 Å². The summed E-state index contributed by atoms with van der Waals surface area (Å²) >= 11 is 0. The van der Waals surface area contributed by atoms with Gasteiger partial charge in [-0.15, -0.1) is 0 Å². The van der Waals surface area contributed by atoms with Crippen LogP contribution in [-0.4, -0.2) is 29.0 Å². The molecule has 1 aromatic carbocycles. The zero-order valence-electron chi connectivity index (χ0n) is 10.3. The van der Waals surface area contributed by atoms with Crippen molar-refractivity contribution in [2.45, 2.75) is 13.0 Å². The summed E-state index contributed by atoms with van der Waals surface area (Å²) in [5.41, 5.74) is 7.39. The van der Waals surface area contributed by atoms with E-state index in [-0.39, 0.29) is 12.5 Å². The second-order valence-corrected chi connectivity index (χ2v) is 3.93. The lowest BCUT2D eigenvalue weighted by molar-refractivity contribution is 0.237. The fourth-order valence-electron chi connectivity index (χ4n) is 1.60. The standard InChI is InChI=1S/C12H15N3O3/c1-7-5-8(3-4-10(7)17-2)11-14-12(18-15-11)9(13)6-16/h3-5,9,16H,6,13H2,1-2H3/t9-/m1/s1. The van der Waals surface area contributed by atoms with E-state index in [4.69, 9.17) is 20.1 Å². The van der Waals surface area contributed by atoms with Crippen LogP contribution in [0.3, 0.4) is 0 Å². The molecule has 0 amide bonds. The molecule has 0 spiro atoms. The molecule has 3 N–H and O–H groups in total. The van der Waals surface area contributed by atoms with Gasteiger partial charge in [-0.3, -0.25) is 0 Å². The second kappa shape index (κ2) is 5.16. The van der Waals surface area contributed by atoms with Crippen LogP contribution < -0.4 is 10.5 Å². The molecule has 6 heteroatoms. The molecular formula is C12H15N3O3. The summed E-state index contributed by atoms with van der Waals surface area (Å²) < 4.78 is 10.2. The molecule has 1 heterocycles. The van der Waals surface area contributed by atoms with Gasteiger partial charge in [0.15, 0.2) is 0 Å². The molecule has 1 aromatic heterocycles. The monoisotopic (exact) mass is 249 g/mol. The first kappa shape index (κ1) is 12.5. The molecule has 0 aliphatic rings. The van der Waals surface area contributed by atoms with Crippen LogP contribution in [0, 0.1) is 6.92 Å². The maximum absolute atomic E-state index is 8.91. The summed E-state index contributed by atoms with van der Waals surface area (Å²) in [6, 6.07) is 4.93. The first-order valence-corrected chi connectivity index (χ1v) is 5.50. The van der Waals surface area contributed by atoms with Crippen molar-refractivity contribution in [3.8, 4) is 17.1 Å². The molecule has 0 saturated carbocycles. The Balaban J connectivity index is 2.31. The van der Waals surface area contributed by atoms with Crippen LogP contribution >= 0.6 is 0 Å². The Labute approximate surface area is 104 Å². The largest absolute Gasteiger partial charge is 0.496 e. The number of aliphatic hydroxyl groups excluding tert-OH is 1. The summed E-state index contributed by atoms with van der Waals surface area (Å²) in [4.78, 5) is 4.14. The molecule has 2 aromatic rings. The van der Waals surface area contributed by atoms with Crippen molar-refractivity contribution in [1.29, 1.82) is 0 Å². The van der Waals surface area contributed by atoms with Gasteiger partial charge in [-0.2, -0.15) is 4.98 Å². The zero-order chi connectivity index (χ0) is 13.1. The van der Waals surface area contributed by atoms with Crippen molar-refractivity contribution in [2.24, 2.45) is 5.73 Å². The van der Waals surface area contributed by atoms with Crippen molar-refractivity contribution in [1.82, 2.24) is 10.1 Å². The topological polar surface area (TPSA) is 94.4 Å². The van der Waals surface area contributed by atoms with Crippen LogP contribution in [0.25, 0.3) is 11.4 Å². The van der Waals surface area contributed by atoms with Crippen LogP contribution in [0.4, 0.5) is 0 Å². The molecule has 0 radical (unpaired) electrons. The third-order valence-electron chi connectivity index (χ3n) is 2.61. The van der Waals surface area contributed by atoms with E-state index in [1.807, 2.05) is 25.1 Å². The van der Waals surface area contributed by atoms with E-state index < -0.39 is 6.04 Å². The first-order valence-electron chi connectivity index (χ1n) is 5.50. The maximum atomic E-state index is 8.91. The Hall–Kier alpha value is -1.92. The number of nitrogens with two attached hydrogens (primary N) is 1. The fraction of sp³-hybridized carbons (Fsp3) is 0.333. The minimum absolute atomic E-state index is 0.223. The number of ether oxygens (including phenoxy) is 1. The Morgan fingerprint density at radius 2 is 2.28 bits per heavy atom. The van der Waals surface area contributed by atoms with Crippen LogP contribution in [-0.2, 0) is 0 Å². The van der Waals surface area contributed by atoms with E-state index in [1.165, 1.54) is 0 Å². The third kappa shape index (κ3) is 2.34. The van der Waals surface area contributed by atoms with E-state index >= 15 is 0 Å². The lowest BCUT2D eigenvalue weighted by atomic mass is 10.1. The van der Waals surface area contributed by atoms with Gasteiger partial charge in [0.2, 0.25) is 11.7 Å². The Kier molecular flexibility index (Phi) is 3.59. The summed E-state index contributed by atoms with van der Waals surface area (Å²) in [5, 5.41) is 12.7. The molecule has 0 saturated heterocycles. The van der Waals surface area contributed by atoms with Gasteiger partial charge in [0, 0.05) is 5.56 Å². The maximum Gasteiger partial charge on any atom is 0.246 e. The molecule has 18 heavy (non-hydrogen) atoms. The third-order valence-corrected chi connectivity index (χ3v) is 2.61. The number of benzene rings is 1. The fourth-order valence-corrected chi connectivity index (χ4v) is 1.60. The summed E-state index contributed by atoms with van der Waals surface area (Å²) in [6.07, 6.45) is 0. The Morgan fingerprint density at radius 3 is 2.89 bits per heavy atom. The van der Waals surface area contributed by atoms with Crippen molar-refractivity contribution in [2.75, 3.05) is 13.7 Å². The summed E-state index contributed by atoms with van der Waals surface area (Å²) in [5.74, 6) is 1.47. The van der Waals surface area contributed by atoms with E-state index in [0.29, 0.717) is 5.82 Å². The number of hydrogen-bond acceptors (Lipinski definition) is 6. The van der Waals surface area contributed by atoms with Gasteiger partial charge in [-0.1, -0.05) is 5.16 Å². The predicted molar refractivity (Wildman–Crippen MR) is 65.0 cm³/mol. The van der Waals surface area contributed by atoms with Gasteiger partial charge in [0.1, 0.15) is 11.8 Å². The Morgan fingerprint density at radius 1 is 1.50 bits per heavy atom. The summed E-state index contributed by atoms with van der Waals surface area (Å²) in [7, 11) is 1.62. The zero-order valence-corrected chi connectivity index (χ0v) is 10.3. The average molecular weight is 249 g/mol. The lowest BCUT2D eigenvalue weighted by Crippen LogP contribution is -2.14. The SMILES string of the molecule is COc1ccc(-c2noc([C@H](N)CO)n2)cc1C. The molecule has 0 unspecified atom stereocenters. The molecule has 96 valence electrons. The molecule has 0 aliphatic carbocycles. The van der Waals surface area contributed by atoms with E-state index in [1.54, 1.807) is 7.11 Å². The molecule has 0 fully saturated rings. The van der Waals surface area contributed by atoms with Crippen LogP contribution in [0.5, 0.6) is 5.75 Å². The van der Waals surface area contributed by atoms with E-state index in [2.05, 4.69) is 10.1 Å². The number of aromatic nitrogens is 2. The first-order chi connectivity index (χ1) is 8.65. The van der Waals surface area contributed by atoms with Crippen molar-refractivity contribution < 1.29 is 14.4 Å². The van der Waals surface area contributed by atoms with Crippen LogP contribution in [0.15, 0.2) is 22.7 Å². The van der Waals surface area contributed by atoms with Gasteiger partial charge in [0.25, 0.3) is 0 Å². The van der Waals surface area contributed by atoms with Gasteiger partial charge in [-0.05, 0) is 30.7 Å². The normalized spacial score (nSPS) is 12.4. The number of rotatable bonds is 4. The number of aliphatic hydroxyl groups is 1. The minimum atomic E-state index is -0.648. The van der Waals surface area contributed by atoms with Crippen LogP contribution in [0.2, 0.25) is 0 Å². The number of hydrogen-bond donors (Lipinski definition) is 2. The molecule has 1 atom stereocenters. The summed E-state index contributed by atoms with van der Waals surface area (Å²) in [6.45, 7) is 1.70. The minimum Gasteiger partial charge on any atom is -0.496 e. The lowest BCUT2D eigenvalue weighted by Gasteiger charge is -2.04. The predicted octanol–water partition coefficient (Wildman–Crippen LogP) is 1.05. The molecule has 6 nitrogen and oxygen atoms in total. The van der Waals surface area contributed by atoms with E-state index in [0.717, 1.165) is 16.9 Å².